The van der Waals surface area contributed by atoms with Gasteiger partial charge in [-0.15, -0.1) is 0 Å². The van der Waals surface area contributed by atoms with E-state index in [0.717, 1.165) is 26.1 Å². The lowest BCUT2D eigenvalue weighted by Gasteiger charge is -2.31. The molecule has 1 heterocycles. The Labute approximate surface area is 93.7 Å². The smallest absolute Gasteiger partial charge is 0.0670 e. The zero-order chi connectivity index (χ0) is 11.5. The molecule has 0 spiro atoms. The topological polar surface area (TPSA) is 30.3 Å². The summed E-state index contributed by atoms with van der Waals surface area (Å²) in [6, 6.07) is 2.40. The Bertz CT molecular complexity index is 240. The lowest BCUT2D eigenvalue weighted by Crippen LogP contribution is -2.39. The van der Waals surface area contributed by atoms with E-state index in [0.29, 0.717) is 0 Å². The van der Waals surface area contributed by atoms with Crippen molar-refractivity contribution in [3.8, 4) is 6.07 Å². The maximum Gasteiger partial charge on any atom is 0.0670 e. The minimum atomic E-state index is 0.215. The number of rotatable bonds is 4. The number of hydrogen-bond donors (Lipinski definition) is 0. The van der Waals surface area contributed by atoms with Gasteiger partial charge >= 0.3 is 0 Å². The molecular formula is C12H23N3. The van der Waals surface area contributed by atoms with Crippen molar-refractivity contribution in [3.05, 3.63) is 0 Å². The Hall–Kier alpha value is -0.590. The van der Waals surface area contributed by atoms with Crippen molar-refractivity contribution in [2.45, 2.75) is 32.2 Å². The lowest BCUT2D eigenvalue weighted by molar-refractivity contribution is 0.167. The van der Waals surface area contributed by atoms with Gasteiger partial charge in [-0.1, -0.05) is 0 Å². The van der Waals surface area contributed by atoms with Gasteiger partial charge in [0.1, 0.15) is 0 Å². The molecule has 15 heavy (non-hydrogen) atoms. The molecule has 0 aliphatic carbocycles. The molecule has 1 aliphatic heterocycles. The highest BCUT2D eigenvalue weighted by Crippen LogP contribution is 2.31. The maximum absolute atomic E-state index is 8.94. The fraction of sp³-hybridized carbons (Fsp3) is 0.917. The van der Waals surface area contributed by atoms with Crippen LogP contribution < -0.4 is 0 Å². The normalized spacial score (nSPS) is 25.7. The standard InChI is InChI=1S/C12H23N3/c1-12(2)8-11(9-13)10-15(12)7-5-6-14(3)4/h11H,5-8,10H2,1-4H3. The van der Waals surface area contributed by atoms with Gasteiger partial charge in [-0.3, -0.25) is 4.90 Å². The number of hydrogen-bond acceptors (Lipinski definition) is 3. The highest BCUT2D eigenvalue weighted by atomic mass is 15.2. The molecule has 0 aromatic rings. The quantitative estimate of drug-likeness (QED) is 0.704. The second kappa shape index (κ2) is 4.96. The van der Waals surface area contributed by atoms with E-state index in [1.807, 2.05) is 0 Å². The molecule has 0 bridgehead atoms. The van der Waals surface area contributed by atoms with Crippen molar-refractivity contribution >= 4 is 0 Å². The number of nitriles is 1. The molecule has 1 atom stereocenters. The van der Waals surface area contributed by atoms with Gasteiger partial charge in [-0.25, -0.2) is 0 Å². The van der Waals surface area contributed by atoms with Gasteiger partial charge in [0.05, 0.1) is 12.0 Å². The molecule has 0 aromatic carbocycles. The summed E-state index contributed by atoms with van der Waals surface area (Å²) in [6.45, 7) is 7.70. The Morgan fingerprint density at radius 2 is 2.13 bits per heavy atom. The molecule has 0 amide bonds. The molecule has 0 saturated carbocycles. The van der Waals surface area contributed by atoms with E-state index in [-0.39, 0.29) is 11.5 Å². The minimum Gasteiger partial charge on any atom is -0.309 e. The largest absolute Gasteiger partial charge is 0.309 e. The van der Waals surface area contributed by atoms with Gasteiger partial charge in [0.2, 0.25) is 0 Å². The highest BCUT2D eigenvalue weighted by Gasteiger charge is 2.37. The summed E-state index contributed by atoms with van der Waals surface area (Å²) >= 11 is 0. The van der Waals surface area contributed by atoms with Crippen LogP contribution in [0.2, 0.25) is 0 Å². The predicted octanol–water partition coefficient (Wildman–Crippen LogP) is 1.56. The number of likely N-dealkylation sites (tertiary alicyclic amines) is 1. The molecule has 1 saturated heterocycles. The van der Waals surface area contributed by atoms with Gasteiger partial charge in [0.25, 0.3) is 0 Å². The zero-order valence-corrected chi connectivity index (χ0v) is 10.5. The third kappa shape index (κ3) is 3.48. The van der Waals surface area contributed by atoms with Gasteiger partial charge in [-0.2, -0.15) is 5.26 Å². The third-order valence-corrected chi connectivity index (χ3v) is 3.26. The van der Waals surface area contributed by atoms with E-state index in [9.17, 15) is 0 Å². The second-order valence-electron chi connectivity index (χ2n) is 5.45. The van der Waals surface area contributed by atoms with Crippen LogP contribution in [0.5, 0.6) is 0 Å². The van der Waals surface area contributed by atoms with Crippen LogP contribution in [0, 0.1) is 17.2 Å². The van der Waals surface area contributed by atoms with Crippen LogP contribution in [0.25, 0.3) is 0 Å². The number of nitrogens with zero attached hydrogens (tertiary/aromatic N) is 3. The second-order valence-corrected chi connectivity index (χ2v) is 5.45. The molecule has 1 unspecified atom stereocenters. The van der Waals surface area contributed by atoms with Crippen molar-refractivity contribution in [1.82, 2.24) is 9.80 Å². The first-order valence-electron chi connectivity index (χ1n) is 5.75. The monoisotopic (exact) mass is 209 g/mol. The molecule has 3 nitrogen and oxygen atoms in total. The van der Waals surface area contributed by atoms with E-state index < -0.39 is 0 Å². The summed E-state index contributed by atoms with van der Waals surface area (Å²) in [4.78, 5) is 4.68. The first kappa shape index (κ1) is 12.5. The van der Waals surface area contributed by atoms with Crippen molar-refractivity contribution < 1.29 is 0 Å². The van der Waals surface area contributed by atoms with Gasteiger partial charge in [0, 0.05) is 12.1 Å². The van der Waals surface area contributed by atoms with E-state index in [1.165, 1.54) is 6.42 Å². The van der Waals surface area contributed by atoms with Crippen LogP contribution in [-0.2, 0) is 0 Å². The van der Waals surface area contributed by atoms with Crippen LogP contribution >= 0.6 is 0 Å². The van der Waals surface area contributed by atoms with Crippen molar-refractivity contribution in [3.63, 3.8) is 0 Å². The van der Waals surface area contributed by atoms with Gasteiger partial charge in [-0.05, 0) is 53.9 Å². The Morgan fingerprint density at radius 1 is 1.47 bits per heavy atom. The average molecular weight is 209 g/mol. The third-order valence-electron chi connectivity index (χ3n) is 3.26. The van der Waals surface area contributed by atoms with Gasteiger partial charge in [0.15, 0.2) is 0 Å². The summed E-state index contributed by atoms with van der Waals surface area (Å²) < 4.78 is 0. The molecule has 0 aromatic heterocycles. The van der Waals surface area contributed by atoms with Crippen LogP contribution in [0.15, 0.2) is 0 Å². The first-order chi connectivity index (χ1) is 6.95. The molecular weight excluding hydrogens is 186 g/mol. The zero-order valence-electron chi connectivity index (χ0n) is 10.5. The summed E-state index contributed by atoms with van der Waals surface area (Å²) in [5.41, 5.74) is 0.215. The summed E-state index contributed by atoms with van der Waals surface area (Å²) in [5, 5.41) is 8.94. The van der Waals surface area contributed by atoms with E-state index in [4.69, 9.17) is 5.26 Å². The lowest BCUT2D eigenvalue weighted by atomic mass is 9.97. The summed E-state index contributed by atoms with van der Waals surface area (Å²) in [5.74, 6) is 0.236. The molecule has 0 radical (unpaired) electrons. The molecule has 1 fully saturated rings. The molecule has 3 heteroatoms. The van der Waals surface area contributed by atoms with Crippen molar-refractivity contribution in [2.24, 2.45) is 5.92 Å². The van der Waals surface area contributed by atoms with Crippen molar-refractivity contribution in [2.75, 3.05) is 33.7 Å². The Kier molecular flexibility index (Phi) is 4.12. The molecule has 1 aliphatic rings. The first-order valence-corrected chi connectivity index (χ1v) is 5.75. The maximum atomic E-state index is 8.94. The van der Waals surface area contributed by atoms with Crippen LogP contribution in [0.1, 0.15) is 26.7 Å². The van der Waals surface area contributed by atoms with Gasteiger partial charge < -0.3 is 4.90 Å². The van der Waals surface area contributed by atoms with Crippen LogP contribution in [-0.4, -0.2) is 49.1 Å². The summed E-state index contributed by atoms with van der Waals surface area (Å²) in [6.07, 6.45) is 2.21. The van der Waals surface area contributed by atoms with Crippen LogP contribution in [0.3, 0.4) is 0 Å². The Balaban J connectivity index is 2.38. The molecule has 86 valence electrons. The molecule has 1 rings (SSSR count). The minimum absolute atomic E-state index is 0.215. The SMILES string of the molecule is CN(C)CCCN1CC(C#N)CC1(C)C. The predicted molar refractivity (Wildman–Crippen MR) is 62.5 cm³/mol. The highest BCUT2D eigenvalue weighted by molar-refractivity contribution is 5.00. The van der Waals surface area contributed by atoms with E-state index in [1.54, 1.807) is 0 Å². The Morgan fingerprint density at radius 3 is 2.60 bits per heavy atom. The summed E-state index contributed by atoms with van der Waals surface area (Å²) in [7, 11) is 4.21. The van der Waals surface area contributed by atoms with E-state index >= 15 is 0 Å². The average Bonchev–Trinajstić information content (AvgIpc) is 2.41. The van der Waals surface area contributed by atoms with E-state index in [2.05, 4.69) is 43.8 Å². The fourth-order valence-corrected chi connectivity index (χ4v) is 2.37. The van der Waals surface area contributed by atoms with Crippen LogP contribution in [0.4, 0.5) is 0 Å². The molecule has 0 N–H and O–H groups in total. The van der Waals surface area contributed by atoms with Crippen molar-refractivity contribution in [1.29, 1.82) is 5.26 Å². The fourth-order valence-electron chi connectivity index (χ4n) is 2.37.